The first-order valence-corrected chi connectivity index (χ1v) is 5.24. The van der Waals surface area contributed by atoms with Crippen molar-refractivity contribution in [3.8, 4) is 0 Å². The Kier molecular flexibility index (Phi) is 5.25. The topological polar surface area (TPSA) is 73.8 Å². The molecule has 0 saturated carbocycles. The minimum Gasteiger partial charge on any atom is -0.452 e. The highest BCUT2D eigenvalue weighted by molar-refractivity contribution is 5.69. The van der Waals surface area contributed by atoms with Gasteiger partial charge >= 0.3 is 6.09 Å². The molecule has 94 valence electrons. The van der Waals surface area contributed by atoms with Crippen LogP contribution >= 0.6 is 0 Å². The zero-order valence-corrected chi connectivity index (χ0v) is 9.88. The quantitative estimate of drug-likeness (QED) is 0.672. The molecule has 0 radical (unpaired) electrons. The molecule has 0 aromatic heterocycles. The van der Waals surface area contributed by atoms with E-state index in [2.05, 4.69) is 15.6 Å². The zero-order chi connectivity index (χ0) is 12.7. The van der Waals surface area contributed by atoms with Gasteiger partial charge in [-0.05, 0) is 19.1 Å². The second kappa shape index (κ2) is 6.72. The van der Waals surface area contributed by atoms with Crippen molar-refractivity contribution in [3.05, 3.63) is 30.3 Å². The molecular weight excluding hydrogens is 222 g/mol. The lowest BCUT2D eigenvalue weighted by Gasteiger charge is -2.26. The molecule has 1 rings (SSSR count). The number of rotatable bonds is 5. The van der Waals surface area contributed by atoms with Gasteiger partial charge in [-0.3, -0.25) is 5.01 Å². The van der Waals surface area contributed by atoms with E-state index in [1.165, 1.54) is 7.11 Å². The molecule has 0 heterocycles. The number of benzene rings is 1. The minimum atomic E-state index is -0.556. The third kappa shape index (κ3) is 4.29. The van der Waals surface area contributed by atoms with Crippen molar-refractivity contribution in [1.82, 2.24) is 10.9 Å². The lowest BCUT2D eigenvalue weighted by atomic mass is 10.3. The van der Waals surface area contributed by atoms with Crippen molar-refractivity contribution in [2.75, 3.05) is 18.7 Å². The Morgan fingerprint density at radius 2 is 2.12 bits per heavy atom. The Labute approximate surface area is 100 Å². The number of hydrogen-bond donors (Lipinski definition) is 3. The molecule has 1 atom stereocenters. The second-order valence-corrected chi connectivity index (χ2v) is 3.58. The number of carbonyl (C=O) groups is 1. The fourth-order valence-corrected chi connectivity index (χ4v) is 1.29. The molecule has 0 spiro atoms. The van der Waals surface area contributed by atoms with Crippen LogP contribution in [0.5, 0.6) is 0 Å². The van der Waals surface area contributed by atoms with Gasteiger partial charge in [0.25, 0.3) is 0 Å². The molecule has 17 heavy (non-hydrogen) atoms. The summed E-state index contributed by atoms with van der Waals surface area (Å²) in [6.45, 7) is 2.19. The highest BCUT2D eigenvalue weighted by Gasteiger charge is 2.13. The van der Waals surface area contributed by atoms with Gasteiger partial charge in [0.1, 0.15) is 0 Å². The van der Waals surface area contributed by atoms with Gasteiger partial charge in [-0.15, -0.1) is 0 Å². The summed E-state index contributed by atoms with van der Waals surface area (Å²) in [6, 6.07) is 9.09. The van der Waals surface area contributed by atoms with Crippen LogP contribution in [0.1, 0.15) is 6.92 Å². The molecule has 0 saturated heterocycles. The number of hydroxylamine groups is 1. The number of hydrogen-bond acceptors (Lipinski definition) is 5. The highest BCUT2D eigenvalue weighted by Crippen LogP contribution is 2.11. The Hall–Kier alpha value is -1.79. The van der Waals surface area contributed by atoms with Gasteiger partial charge in [0, 0.05) is 6.04 Å². The van der Waals surface area contributed by atoms with Crippen LogP contribution in [0.4, 0.5) is 10.5 Å². The summed E-state index contributed by atoms with van der Waals surface area (Å²) in [4.78, 5) is 11.2. The van der Waals surface area contributed by atoms with Crippen molar-refractivity contribution in [1.29, 1.82) is 0 Å². The average Bonchev–Trinajstić information content (AvgIpc) is 2.38. The predicted octanol–water partition coefficient (Wildman–Crippen LogP) is 1.13. The van der Waals surface area contributed by atoms with E-state index in [0.29, 0.717) is 6.54 Å². The monoisotopic (exact) mass is 239 g/mol. The number of ether oxygens (including phenoxy) is 1. The number of hydrazine groups is 1. The fraction of sp³-hybridized carbons (Fsp3) is 0.364. The van der Waals surface area contributed by atoms with Crippen LogP contribution in [0.15, 0.2) is 30.3 Å². The summed E-state index contributed by atoms with van der Waals surface area (Å²) in [6.07, 6.45) is -0.556. The summed E-state index contributed by atoms with van der Waals surface area (Å²) >= 11 is 0. The molecular formula is C11H17N3O3. The van der Waals surface area contributed by atoms with Gasteiger partial charge in [-0.25, -0.2) is 15.7 Å². The molecule has 6 heteroatoms. The Morgan fingerprint density at radius 1 is 1.47 bits per heavy atom. The van der Waals surface area contributed by atoms with E-state index in [4.69, 9.17) is 5.21 Å². The lowest BCUT2D eigenvalue weighted by Crippen LogP contribution is -2.48. The first kappa shape index (κ1) is 13.3. The molecule has 0 aliphatic heterocycles. The van der Waals surface area contributed by atoms with Gasteiger partial charge in [-0.1, -0.05) is 18.2 Å². The van der Waals surface area contributed by atoms with Crippen LogP contribution in [0.2, 0.25) is 0 Å². The summed E-state index contributed by atoms with van der Waals surface area (Å²) in [5, 5.41) is 10.4. The maximum absolute atomic E-state index is 11.2. The van der Waals surface area contributed by atoms with Crippen LogP contribution < -0.4 is 15.9 Å². The Balaban J connectivity index is 2.75. The number of para-hydroxylation sites is 1. The van der Waals surface area contributed by atoms with Crippen LogP contribution in [0.3, 0.4) is 0 Å². The van der Waals surface area contributed by atoms with Crippen molar-refractivity contribution in [2.45, 2.75) is 13.0 Å². The zero-order valence-electron chi connectivity index (χ0n) is 9.88. The van der Waals surface area contributed by atoms with Gasteiger partial charge in [0.15, 0.2) is 0 Å². The van der Waals surface area contributed by atoms with Crippen molar-refractivity contribution < 1.29 is 14.7 Å². The molecule has 3 N–H and O–H groups in total. The van der Waals surface area contributed by atoms with Gasteiger partial charge < -0.3 is 9.94 Å². The summed E-state index contributed by atoms with van der Waals surface area (Å²) in [7, 11) is 1.30. The van der Waals surface area contributed by atoms with E-state index < -0.39 is 6.09 Å². The molecule has 6 nitrogen and oxygen atoms in total. The molecule has 1 aromatic rings. The third-order valence-corrected chi connectivity index (χ3v) is 2.16. The lowest BCUT2D eigenvalue weighted by molar-refractivity contribution is 0.132. The molecule has 1 unspecified atom stereocenters. The first-order valence-electron chi connectivity index (χ1n) is 5.24. The van der Waals surface area contributed by atoms with E-state index >= 15 is 0 Å². The predicted molar refractivity (Wildman–Crippen MR) is 63.7 cm³/mol. The van der Waals surface area contributed by atoms with Crippen LogP contribution in [0.25, 0.3) is 0 Å². The molecule has 1 aromatic carbocycles. The number of methoxy groups -OCH3 is 1. The van der Waals surface area contributed by atoms with E-state index in [1.807, 2.05) is 30.3 Å². The van der Waals surface area contributed by atoms with Gasteiger partial charge in [0.05, 0.1) is 19.3 Å². The number of nitrogens with zero attached hydrogens (tertiary/aromatic N) is 1. The third-order valence-electron chi connectivity index (χ3n) is 2.16. The van der Waals surface area contributed by atoms with Crippen LogP contribution in [0, 0.1) is 0 Å². The fourth-order valence-electron chi connectivity index (χ4n) is 1.29. The van der Waals surface area contributed by atoms with E-state index in [-0.39, 0.29) is 6.04 Å². The number of anilines is 1. The summed E-state index contributed by atoms with van der Waals surface area (Å²) in [5.74, 6) is 0. The highest BCUT2D eigenvalue weighted by atomic mass is 16.5. The van der Waals surface area contributed by atoms with Gasteiger partial charge in [-0.2, -0.15) is 0 Å². The first-order chi connectivity index (χ1) is 8.17. The van der Waals surface area contributed by atoms with Crippen molar-refractivity contribution in [2.24, 2.45) is 0 Å². The van der Waals surface area contributed by atoms with Gasteiger partial charge in [0.2, 0.25) is 0 Å². The molecule has 0 aliphatic rings. The molecule has 1 amide bonds. The smallest absolute Gasteiger partial charge is 0.425 e. The van der Waals surface area contributed by atoms with Crippen LogP contribution in [-0.2, 0) is 4.74 Å². The number of nitrogens with one attached hydrogen (secondary N) is 2. The maximum Gasteiger partial charge on any atom is 0.425 e. The molecule has 0 aliphatic carbocycles. The second-order valence-electron chi connectivity index (χ2n) is 3.58. The van der Waals surface area contributed by atoms with E-state index in [0.717, 1.165) is 5.69 Å². The largest absolute Gasteiger partial charge is 0.452 e. The van der Waals surface area contributed by atoms with Crippen molar-refractivity contribution >= 4 is 11.8 Å². The SMILES string of the molecule is COC(=O)NN(CC(C)NO)c1ccccc1. The standard InChI is InChI=1S/C11H17N3O3/c1-9(13-16)8-14(12-11(15)17-2)10-6-4-3-5-7-10/h3-7,9,13,16H,8H2,1-2H3,(H,12,15). The minimum absolute atomic E-state index is 0.202. The average molecular weight is 239 g/mol. The summed E-state index contributed by atoms with van der Waals surface area (Å²) in [5.41, 5.74) is 5.50. The maximum atomic E-state index is 11.2. The number of amides is 1. The normalized spacial score (nSPS) is 11.7. The van der Waals surface area contributed by atoms with E-state index in [9.17, 15) is 4.79 Å². The Morgan fingerprint density at radius 3 is 2.65 bits per heavy atom. The van der Waals surface area contributed by atoms with E-state index in [1.54, 1.807) is 11.9 Å². The molecule has 0 bridgehead atoms. The number of carbonyl (C=O) groups excluding carboxylic acids is 1. The summed E-state index contributed by atoms with van der Waals surface area (Å²) < 4.78 is 4.54. The van der Waals surface area contributed by atoms with Crippen LogP contribution in [-0.4, -0.2) is 31.0 Å². The Bertz CT molecular complexity index is 345. The van der Waals surface area contributed by atoms with Crippen molar-refractivity contribution in [3.63, 3.8) is 0 Å². The molecule has 0 fully saturated rings.